The summed E-state index contributed by atoms with van der Waals surface area (Å²) < 4.78 is 1.70. The number of hydrogen-bond donors (Lipinski definition) is 2. The van der Waals surface area contributed by atoms with Gasteiger partial charge in [-0.1, -0.05) is 23.7 Å². The Morgan fingerprint density at radius 3 is 2.78 bits per heavy atom. The lowest BCUT2D eigenvalue weighted by atomic mass is 9.96. The van der Waals surface area contributed by atoms with Crippen molar-refractivity contribution in [3.63, 3.8) is 0 Å². The largest absolute Gasteiger partial charge is 0.384 e. The standard InChI is InChI=1S/C17H18ClN5/c18-13-5-3-11(4-6-13)15-9-17-21-14(8-16(19)23(17)22-15)12-2-1-7-20-10-12/h3-6,8-9,12,20H,1-2,7,10,19H2. The average Bonchev–Trinajstić information content (AvgIpc) is 3.01. The molecule has 0 radical (unpaired) electrons. The van der Waals surface area contributed by atoms with Crippen molar-refractivity contribution in [3.05, 3.63) is 47.1 Å². The molecule has 0 amide bonds. The van der Waals surface area contributed by atoms with Crippen LogP contribution in [0.15, 0.2) is 36.4 Å². The average molecular weight is 328 g/mol. The molecule has 1 atom stereocenters. The van der Waals surface area contributed by atoms with Crippen molar-refractivity contribution in [2.45, 2.75) is 18.8 Å². The van der Waals surface area contributed by atoms with Gasteiger partial charge >= 0.3 is 0 Å². The first-order chi connectivity index (χ1) is 11.2. The van der Waals surface area contributed by atoms with Crippen LogP contribution in [0.1, 0.15) is 24.5 Å². The van der Waals surface area contributed by atoms with Gasteiger partial charge in [0.25, 0.3) is 0 Å². The van der Waals surface area contributed by atoms with Crippen molar-refractivity contribution in [1.82, 2.24) is 19.9 Å². The maximum atomic E-state index is 6.20. The monoisotopic (exact) mass is 327 g/mol. The lowest BCUT2D eigenvalue weighted by molar-refractivity contribution is 0.455. The van der Waals surface area contributed by atoms with Crippen LogP contribution >= 0.6 is 11.6 Å². The van der Waals surface area contributed by atoms with Crippen LogP contribution < -0.4 is 11.1 Å². The molecule has 0 saturated carbocycles. The number of nitrogen functional groups attached to an aromatic ring is 1. The Morgan fingerprint density at radius 1 is 1.22 bits per heavy atom. The number of rotatable bonds is 2. The van der Waals surface area contributed by atoms with Gasteiger partial charge in [-0.3, -0.25) is 0 Å². The van der Waals surface area contributed by atoms with Gasteiger partial charge in [0.15, 0.2) is 5.65 Å². The van der Waals surface area contributed by atoms with Crippen LogP contribution in [0.2, 0.25) is 5.02 Å². The summed E-state index contributed by atoms with van der Waals surface area (Å²) in [6.07, 6.45) is 2.32. The minimum atomic E-state index is 0.421. The van der Waals surface area contributed by atoms with Gasteiger partial charge in [0.05, 0.1) is 11.4 Å². The van der Waals surface area contributed by atoms with E-state index in [-0.39, 0.29) is 0 Å². The molecule has 4 rings (SSSR count). The molecule has 0 bridgehead atoms. The van der Waals surface area contributed by atoms with Gasteiger partial charge in [-0.2, -0.15) is 9.61 Å². The van der Waals surface area contributed by atoms with Crippen LogP contribution in [0.4, 0.5) is 5.82 Å². The summed E-state index contributed by atoms with van der Waals surface area (Å²) >= 11 is 5.95. The molecule has 1 fully saturated rings. The fourth-order valence-corrected chi connectivity index (χ4v) is 3.22. The van der Waals surface area contributed by atoms with Gasteiger partial charge in [0.2, 0.25) is 0 Å². The zero-order valence-electron chi connectivity index (χ0n) is 12.7. The van der Waals surface area contributed by atoms with Crippen molar-refractivity contribution >= 4 is 23.1 Å². The number of fused-ring (bicyclic) bond motifs is 1. The lowest BCUT2D eigenvalue weighted by Crippen LogP contribution is -2.29. The fourth-order valence-electron chi connectivity index (χ4n) is 3.09. The summed E-state index contributed by atoms with van der Waals surface area (Å²) in [6.45, 7) is 2.04. The third-order valence-electron chi connectivity index (χ3n) is 4.33. The first-order valence-electron chi connectivity index (χ1n) is 7.83. The molecule has 0 spiro atoms. The molecular weight excluding hydrogens is 310 g/mol. The molecule has 1 aliphatic heterocycles. The molecule has 2 aromatic heterocycles. The van der Waals surface area contributed by atoms with E-state index >= 15 is 0 Å². The minimum Gasteiger partial charge on any atom is -0.384 e. The summed E-state index contributed by atoms with van der Waals surface area (Å²) in [5.41, 5.74) is 9.88. The SMILES string of the molecule is Nc1cc(C2CCCNC2)nc2cc(-c3ccc(Cl)cc3)nn12. The third-order valence-corrected chi connectivity index (χ3v) is 4.58. The Bertz CT molecular complexity index is 834. The van der Waals surface area contributed by atoms with Gasteiger partial charge < -0.3 is 11.1 Å². The Hall–Kier alpha value is -2.11. The molecule has 118 valence electrons. The molecule has 3 N–H and O–H groups in total. The topological polar surface area (TPSA) is 68.2 Å². The van der Waals surface area contributed by atoms with Gasteiger partial charge in [-0.25, -0.2) is 4.98 Å². The zero-order valence-corrected chi connectivity index (χ0v) is 13.4. The molecule has 1 saturated heterocycles. The summed E-state index contributed by atoms with van der Waals surface area (Å²) in [7, 11) is 0. The van der Waals surface area contributed by atoms with E-state index in [4.69, 9.17) is 22.3 Å². The first kappa shape index (κ1) is 14.5. The molecular formula is C17H18ClN5. The highest BCUT2D eigenvalue weighted by Crippen LogP contribution is 2.26. The summed E-state index contributed by atoms with van der Waals surface area (Å²) in [5.74, 6) is 1.04. The number of nitrogens with two attached hydrogens (primary N) is 1. The lowest BCUT2D eigenvalue weighted by Gasteiger charge is -2.22. The predicted molar refractivity (Wildman–Crippen MR) is 92.7 cm³/mol. The number of halogens is 1. The predicted octanol–water partition coefficient (Wildman–Crippen LogP) is 3.10. The second-order valence-electron chi connectivity index (χ2n) is 5.96. The van der Waals surface area contributed by atoms with E-state index in [2.05, 4.69) is 10.4 Å². The highest BCUT2D eigenvalue weighted by molar-refractivity contribution is 6.30. The van der Waals surface area contributed by atoms with E-state index in [0.29, 0.717) is 16.8 Å². The fraction of sp³-hybridized carbons (Fsp3) is 0.294. The van der Waals surface area contributed by atoms with Gasteiger partial charge in [0, 0.05) is 35.2 Å². The van der Waals surface area contributed by atoms with Crippen LogP contribution in [0.3, 0.4) is 0 Å². The normalized spacial score (nSPS) is 18.4. The second kappa shape index (κ2) is 5.83. The number of nitrogens with zero attached hydrogens (tertiary/aromatic N) is 3. The number of benzene rings is 1. The van der Waals surface area contributed by atoms with E-state index < -0.39 is 0 Å². The molecule has 6 heteroatoms. The van der Waals surface area contributed by atoms with Crippen LogP contribution in [0.25, 0.3) is 16.9 Å². The van der Waals surface area contributed by atoms with E-state index in [1.165, 1.54) is 6.42 Å². The molecule has 23 heavy (non-hydrogen) atoms. The van der Waals surface area contributed by atoms with Crippen LogP contribution in [0.5, 0.6) is 0 Å². The molecule has 1 unspecified atom stereocenters. The molecule has 0 aliphatic carbocycles. The number of anilines is 1. The van der Waals surface area contributed by atoms with Crippen molar-refractivity contribution in [2.75, 3.05) is 18.8 Å². The van der Waals surface area contributed by atoms with Crippen LogP contribution in [-0.2, 0) is 0 Å². The molecule has 3 aromatic rings. The zero-order chi connectivity index (χ0) is 15.8. The second-order valence-corrected chi connectivity index (χ2v) is 6.39. The molecule has 5 nitrogen and oxygen atoms in total. The van der Waals surface area contributed by atoms with Crippen molar-refractivity contribution in [2.24, 2.45) is 0 Å². The molecule has 1 aromatic carbocycles. The van der Waals surface area contributed by atoms with Crippen molar-refractivity contribution in [3.8, 4) is 11.3 Å². The number of piperidine rings is 1. The Kier molecular flexibility index (Phi) is 3.67. The van der Waals surface area contributed by atoms with Crippen molar-refractivity contribution < 1.29 is 0 Å². The van der Waals surface area contributed by atoms with E-state index in [1.54, 1.807) is 4.52 Å². The number of aromatic nitrogens is 3. The number of hydrogen-bond acceptors (Lipinski definition) is 4. The highest BCUT2D eigenvalue weighted by atomic mass is 35.5. The highest BCUT2D eigenvalue weighted by Gasteiger charge is 2.18. The Morgan fingerprint density at radius 2 is 2.04 bits per heavy atom. The summed E-state index contributed by atoms with van der Waals surface area (Å²) in [5, 5.41) is 8.70. The summed E-state index contributed by atoms with van der Waals surface area (Å²) in [4.78, 5) is 4.78. The maximum absolute atomic E-state index is 6.20. The van der Waals surface area contributed by atoms with E-state index in [1.807, 2.05) is 36.4 Å². The van der Waals surface area contributed by atoms with E-state index in [0.717, 1.165) is 42.1 Å². The van der Waals surface area contributed by atoms with Crippen LogP contribution in [0, 0.1) is 0 Å². The van der Waals surface area contributed by atoms with Gasteiger partial charge in [-0.15, -0.1) is 0 Å². The smallest absolute Gasteiger partial charge is 0.158 e. The summed E-state index contributed by atoms with van der Waals surface area (Å²) in [6, 6.07) is 11.5. The molecule has 1 aliphatic rings. The van der Waals surface area contributed by atoms with E-state index in [9.17, 15) is 0 Å². The van der Waals surface area contributed by atoms with Crippen LogP contribution in [-0.4, -0.2) is 27.7 Å². The van der Waals surface area contributed by atoms with Crippen molar-refractivity contribution in [1.29, 1.82) is 0 Å². The number of nitrogens with one attached hydrogen (secondary N) is 1. The Labute approximate surface area is 139 Å². The first-order valence-corrected chi connectivity index (χ1v) is 8.21. The minimum absolute atomic E-state index is 0.421. The third kappa shape index (κ3) is 2.78. The Balaban J connectivity index is 1.75. The maximum Gasteiger partial charge on any atom is 0.158 e. The van der Waals surface area contributed by atoms with Gasteiger partial charge in [-0.05, 0) is 31.5 Å². The quantitative estimate of drug-likeness (QED) is 0.759. The van der Waals surface area contributed by atoms with Gasteiger partial charge in [0.1, 0.15) is 5.82 Å². The molecule has 3 heterocycles.